The van der Waals surface area contributed by atoms with Gasteiger partial charge in [-0.25, -0.2) is 4.39 Å². The Labute approximate surface area is 93.5 Å². The molecule has 1 aromatic carbocycles. The van der Waals surface area contributed by atoms with Gasteiger partial charge in [0.15, 0.2) is 0 Å². The Hall–Kier alpha value is -2.03. The molecular weight excluding hydrogens is 203 g/mol. The van der Waals surface area contributed by atoms with E-state index in [9.17, 15) is 4.39 Å². The van der Waals surface area contributed by atoms with Gasteiger partial charge in [-0.2, -0.15) is 0 Å². The lowest BCUT2D eigenvalue weighted by Crippen LogP contribution is -1.87. The molecule has 0 aliphatic rings. The van der Waals surface area contributed by atoms with E-state index in [1.54, 1.807) is 12.3 Å². The maximum absolute atomic E-state index is 12.9. The summed E-state index contributed by atoms with van der Waals surface area (Å²) in [5.74, 6) is -0.231. The van der Waals surface area contributed by atoms with Gasteiger partial charge in [-0.15, -0.1) is 0 Å². The lowest BCUT2D eigenvalue weighted by atomic mass is 10.1. The third-order valence-corrected chi connectivity index (χ3v) is 2.39. The molecule has 0 amide bonds. The second kappa shape index (κ2) is 4.23. The SMILES string of the molecule is C=Nc1ccc(-c2ccc(F)cc2C)nc1. The molecule has 0 saturated carbocycles. The van der Waals surface area contributed by atoms with Crippen LogP contribution in [0.3, 0.4) is 0 Å². The van der Waals surface area contributed by atoms with Crippen molar-refractivity contribution in [2.75, 3.05) is 0 Å². The lowest BCUT2D eigenvalue weighted by molar-refractivity contribution is 0.627. The highest BCUT2D eigenvalue weighted by atomic mass is 19.1. The Morgan fingerprint density at radius 3 is 2.62 bits per heavy atom. The molecule has 0 spiro atoms. The summed E-state index contributed by atoms with van der Waals surface area (Å²) in [5.41, 5.74) is 3.33. The van der Waals surface area contributed by atoms with Crippen LogP contribution in [-0.4, -0.2) is 11.7 Å². The van der Waals surface area contributed by atoms with Crippen molar-refractivity contribution in [1.82, 2.24) is 4.98 Å². The van der Waals surface area contributed by atoms with Crippen LogP contribution in [0.25, 0.3) is 11.3 Å². The molecule has 0 radical (unpaired) electrons. The van der Waals surface area contributed by atoms with Gasteiger partial charge >= 0.3 is 0 Å². The Kier molecular flexibility index (Phi) is 2.77. The number of aliphatic imine (C=N–C) groups is 1. The first kappa shape index (κ1) is 10.5. The molecule has 16 heavy (non-hydrogen) atoms. The van der Waals surface area contributed by atoms with Crippen molar-refractivity contribution in [3.05, 3.63) is 47.9 Å². The Morgan fingerprint density at radius 1 is 1.25 bits per heavy atom. The molecule has 0 saturated heterocycles. The Bertz CT molecular complexity index is 518. The molecule has 0 aliphatic heterocycles. The number of hydrogen-bond donors (Lipinski definition) is 0. The van der Waals surface area contributed by atoms with Crippen molar-refractivity contribution in [2.24, 2.45) is 4.99 Å². The molecule has 0 bridgehead atoms. The van der Waals surface area contributed by atoms with Crippen LogP contribution in [0.2, 0.25) is 0 Å². The van der Waals surface area contributed by atoms with Gasteiger partial charge in [0.2, 0.25) is 0 Å². The number of aryl methyl sites for hydroxylation is 1. The van der Waals surface area contributed by atoms with E-state index < -0.39 is 0 Å². The highest BCUT2D eigenvalue weighted by Gasteiger charge is 2.04. The van der Waals surface area contributed by atoms with Crippen LogP contribution in [0.5, 0.6) is 0 Å². The quantitative estimate of drug-likeness (QED) is 0.702. The fraction of sp³-hybridized carbons (Fsp3) is 0.0769. The van der Waals surface area contributed by atoms with Gasteiger partial charge < -0.3 is 0 Å². The van der Waals surface area contributed by atoms with Crippen LogP contribution < -0.4 is 0 Å². The summed E-state index contributed by atoms with van der Waals surface area (Å²) < 4.78 is 12.9. The van der Waals surface area contributed by atoms with E-state index in [0.717, 1.165) is 22.5 Å². The minimum atomic E-state index is -0.231. The molecule has 2 nitrogen and oxygen atoms in total. The molecule has 0 unspecified atom stereocenters. The number of aromatic nitrogens is 1. The van der Waals surface area contributed by atoms with Crippen molar-refractivity contribution in [3.8, 4) is 11.3 Å². The monoisotopic (exact) mass is 214 g/mol. The smallest absolute Gasteiger partial charge is 0.123 e. The first-order chi connectivity index (χ1) is 7.70. The second-order valence-electron chi connectivity index (χ2n) is 3.52. The molecule has 0 N–H and O–H groups in total. The molecule has 2 rings (SSSR count). The summed E-state index contributed by atoms with van der Waals surface area (Å²) in [6.07, 6.45) is 1.64. The van der Waals surface area contributed by atoms with Crippen molar-refractivity contribution < 1.29 is 4.39 Å². The molecule has 0 atom stereocenters. The van der Waals surface area contributed by atoms with Crippen molar-refractivity contribution in [3.63, 3.8) is 0 Å². The molecule has 1 heterocycles. The molecular formula is C13H11FN2. The maximum atomic E-state index is 12.9. The second-order valence-corrected chi connectivity index (χ2v) is 3.52. The third kappa shape index (κ3) is 1.98. The van der Waals surface area contributed by atoms with Crippen LogP contribution in [0.15, 0.2) is 41.5 Å². The van der Waals surface area contributed by atoms with Gasteiger partial charge in [-0.3, -0.25) is 9.98 Å². The van der Waals surface area contributed by atoms with E-state index >= 15 is 0 Å². The number of nitrogens with zero attached hydrogens (tertiary/aromatic N) is 2. The standard InChI is InChI=1S/C13H11FN2/c1-9-7-10(14)3-5-12(9)13-6-4-11(15-2)8-16-13/h3-8H,2H2,1H3. The highest BCUT2D eigenvalue weighted by Crippen LogP contribution is 2.23. The zero-order valence-corrected chi connectivity index (χ0v) is 8.94. The zero-order valence-electron chi connectivity index (χ0n) is 8.94. The predicted molar refractivity (Wildman–Crippen MR) is 63.6 cm³/mol. The van der Waals surface area contributed by atoms with Gasteiger partial charge in [-0.05, 0) is 49.5 Å². The van der Waals surface area contributed by atoms with E-state index in [0.29, 0.717) is 0 Å². The van der Waals surface area contributed by atoms with E-state index in [1.807, 2.05) is 19.1 Å². The van der Waals surface area contributed by atoms with Crippen molar-refractivity contribution in [2.45, 2.75) is 6.92 Å². The number of halogens is 1. The number of rotatable bonds is 2. The molecule has 0 fully saturated rings. The average Bonchev–Trinajstić information content (AvgIpc) is 2.29. The summed E-state index contributed by atoms with van der Waals surface area (Å²) in [4.78, 5) is 8.02. The summed E-state index contributed by atoms with van der Waals surface area (Å²) in [6, 6.07) is 8.34. The van der Waals surface area contributed by atoms with Gasteiger partial charge in [0.05, 0.1) is 17.6 Å². The minimum absolute atomic E-state index is 0.231. The van der Waals surface area contributed by atoms with Crippen LogP contribution in [0.1, 0.15) is 5.56 Å². The average molecular weight is 214 g/mol. The zero-order chi connectivity index (χ0) is 11.5. The van der Waals surface area contributed by atoms with Gasteiger partial charge in [0, 0.05) is 5.56 Å². The first-order valence-corrected chi connectivity index (χ1v) is 4.90. The van der Waals surface area contributed by atoms with E-state index in [-0.39, 0.29) is 5.82 Å². The van der Waals surface area contributed by atoms with Gasteiger partial charge in [0.1, 0.15) is 5.82 Å². The fourth-order valence-corrected chi connectivity index (χ4v) is 1.55. The van der Waals surface area contributed by atoms with Gasteiger partial charge in [0.25, 0.3) is 0 Å². The molecule has 80 valence electrons. The Morgan fingerprint density at radius 2 is 2.06 bits per heavy atom. The maximum Gasteiger partial charge on any atom is 0.123 e. The largest absolute Gasteiger partial charge is 0.263 e. The first-order valence-electron chi connectivity index (χ1n) is 4.90. The predicted octanol–water partition coefficient (Wildman–Crippen LogP) is 3.53. The van der Waals surface area contributed by atoms with E-state index in [4.69, 9.17) is 0 Å². The molecule has 3 heteroatoms. The van der Waals surface area contributed by atoms with E-state index in [1.165, 1.54) is 12.1 Å². The molecule has 0 aliphatic carbocycles. The molecule has 2 aromatic rings. The Balaban J connectivity index is 2.46. The lowest BCUT2D eigenvalue weighted by Gasteiger charge is -2.05. The topological polar surface area (TPSA) is 25.2 Å². The number of benzene rings is 1. The van der Waals surface area contributed by atoms with Crippen LogP contribution >= 0.6 is 0 Å². The summed E-state index contributed by atoms with van der Waals surface area (Å²) in [6.45, 7) is 5.28. The van der Waals surface area contributed by atoms with Crippen LogP contribution in [0, 0.1) is 12.7 Å². The van der Waals surface area contributed by atoms with Crippen molar-refractivity contribution >= 4 is 12.4 Å². The summed E-state index contributed by atoms with van der Waals surface area (Å²) in [5, 5.41) is 0. The van der Waals surface area contributed by atoms with Crippen LogP contribution in [0.4, 0.5) is 10.1 Å². The van der Waals surface area contributed by atoms with E-state index in [2.05, 4.69) is 16.7 Å². The van der Waals surface area contributed by atoms with Crippen molar-refractivity contribution in [1.29, 1.82) is 0 Å². The normalized spacial score (nSPS) is 10.1. The summed E-state index contributed by atoms with van der Waals surface area (Å²) >= 11 is 0. The molecule has 1 aromatic heterocycles. The van der Waals surface area contributed by atoms with Gasteiger partial charge in [-0.1, -0.05) is 0 Å². The summed E-state index contributed by atoms with van der Waals surface area (Å²) in [7, 11) is 0. The number of pyridine rings is 1. The van der Waals surface area contributed by atoms with Crippen LogP contribution in [-0.2, 0) is 0 Å². The minimum Gasteiger partial charge on any atom is -0.263 e. The number of hydrogen-bond acceptors (Lipinski definition) is 2. The third-order valence-electron chi connectivity index (χ3n) is 2.39. The fourth-order valence-electron chi connectivity index (χ4n) is 1.55. The highest BCUT2D eigenvalue weighted by molar-refractivity contribution is 5.64.